The molecule has 0 bridgehead atoms. The molecule has 0 saturated heterocycles. The Morgan fingerprint density at radius 2 is 2.18 bits per heavy atom. The highest BCUT2D eigenvalue weighted by Gasteiger charge is 2.29. The number of hydrogen-bond acceptors (Lipinski definition) is 5. The fourth-order valence-electron chi connectivity index (χ4n) is 1.19. The van der Waals surface area contributed by atoms with Gasteiger partial charge in [0.2, 0.25) is 0 Å². The standard InChI is InChI=1S/C10H11Cl2NO4/c1-2-17-10(16)8(15)7(14)5-3-4-13-9(12)6(5)11/h3-4,7-8,14-15H,2H2,1H3. The third-order valence-electron chi connectivity index (χ3n) is 2.02. The Kier molecular flexibility index (Phi) is 5.14. The van der Waals surface area contributed by atoms with Gasteiger partial charge in [0.05, 0.1) is 11.6 Å². The van der Waals surface area contributed by atoms with Gasteiger partial charge in [0.15, 0.2) is 6.10 Å². The number of pyridine rings is 1. The number of esters is 1. The zero-order chi connectivity index (χ0) is 13.0. The second-order valence-corrected chi connectivity index (χ2v) is 3.88. The highest BCUT2D eigenvalue weighted by atomic mass is 35.5. The minimum Gasteiger partial charge on any atom is -0.464 e. The molecule has 1 heterocycles. The third kappa shape index (κ3) is 3.29. The summed E-state index contributed by atoms with van der Waals surface area (Å²) in [6.45, 7) is 1.70. The molecule has 0 amide bonds. The van der Waals surface area contributed by atoms with Crippen LogP contribution in [0.5, 0.6) is 0 Å². The number of aliphatic hydroxyl groups is 2. The molecule has 7 heteroatoms. The van der Waals surface area contributed by atoms with Crippen molar-refractivity contribution in [3.05, 3.63) is 28.0 Å². The summed E-state index contributed by atoms with van der Waals surface area (Å²) >= 11 is 11.4. The summed E-state index contributed by atoms with van der Waals surface area (Å²) in [5.41, 5.74) is 0.118. The van der Waals surface area contributed by atoms with Crippen molar-refractivity contribution in [3.8, 4) is 0 Å². The molecule has 0 radical (unpaired) electrons. The van der Waals surface area contributed by atoms with Crippen LogP contribution in [0.4, 0.5) is 0 Å². The largest absolute Gasteiger partial charge is 0.464 e. The van der Waals surface area contributed by atoms with Gasteiger partial charge in [-0.2, -0.15) is 0 Å². The van der Waals surface area contributed by atoms with E-state index in [1.165, 1.54) is 12.3 Å². The van der Waals surface area contributed by atoms with Crippen molar-refractivity contribution in [2.45, 2.75) is 19.1 Å². The first kappa shape index (κ1) is 14.2. The fourth-order valence-corrected chi connectivity index (χ4v) is 1.58. The summed E-state index contributed by atoms with van der Waals surface area (Å²) in [6.07, 6.45) is -1.92. The highest BCUT2D eigenvalue weighted by molar-refractivity contribution is 6.41. The average molecular weight is 280 g/mol. The van der Waals surface area contributed by atoms with Crippen LogP contribution in [0.2, 0.25) is 10.2 Å². The van der Waals surface area contributed by atoms with E-state index in [2.05, 4.69) is 9.72 Å². The van der Waals surface area contributed by atoms with E-state index >= 15 is 0 Å². The van der Waals surface area contributed by atoms with Crippen LogP contribution in [-0.2, 0) is 9.53 Å². The van der Waals surface area contributed by atoms with Crippen LogP contribution < -0.4 is 0 Å². The first-order valence-electron chi connectivity index (χ1n) is 4.81. The second kappa shape index (κ2) is 6.16. The van der Waals surface area contributed by atoms with Gasteiger partial charge < -0.3 is 14.9 Å². The monoisotopic (exact) mass is 279 g/mol. The molecule has 0 aliphatic rings. The zero-order valence-corrected chi connectivity index (χ0v) is 10.4. The summed E-state index contributed by atoms with van der Waals surface area (Å²) in [5, 5.41) is 19.3. The van der Waals surface area contributed by atoms with Crippen LogP contribution in [0.1, 0.15) is 18.6 Å². The molecule has 0 aromatic carbocycles. The fraction of sp³-hybridized carbons (Fsp3) is 0.400. The molecule has 2 atom stereocenters. The summed E-state index contributed by atoms with van der Waals surface area (Å²) in [5.74, 6) is -0.927. The van der Waals surface area contributed by atoms with Gasteiger partial charge in [-0.15, -0.1) is 0 Å². The molecular weight excluding hydrogens is 269 g/mol. The van der Waals surface area contributed by atoms with Crippen molar-refractivity contribution in [1.29, 1.82) is 0 Å². The molecule has 94 valence electrons. The lowest BCUT2D eigenvalue weighted by Crippen LogP contribution is -2.30. The number of halogens is 2. The average Bonchev–Trinajstić information content (AvgIpc) is 2.31. The Morgan fingerprint density at radius 1 is 1.53 bits per heavy atom. The maximum atomic E-state index is 11.2. The van der Waals surface area contributed by atoms with Crippen LogP contribution in [0.15, 0.2) is 12.3 Å². The SMILES string of the molecule is CCOC(=O)C(O)C(O)c1ccnc(Cl)c1Cl. The Morgan fingerprint density at radius 3 is 2.76 bits per heavy atom. The number of carbonyl (C=O) groups is 1. The van der Waals surface area contributed by atoms with Gasteiger partial charge in [0.1, 0.15) is 11.3 Å². The maximum Gasteiger partial charge on any atom is 0.338 e. The quantitative estimate of drug-likeness (QED) is 0.642. The molecule has 0 fully saturated rings. The minimum atomic E-state index is -1.72. The predicted octanol–water partition coefficient (Wildman–Crippen LogP) is 1.35. The topological polar surface area (TPSA) is 79.7 Å². The van der Waals surface area contributed by atoms with Crippen LogP contribution in [0.25, 0.3) is 0 Å². The summed E-state index contributed by atoms with van der Waals surface area (Å²) in [4.78, 5) is 14.9. The van der Waals surface area contributed by atoms with Gasteiger partial charge in [0.25, 0.3) is 0 Å². The molecule has 0 aliphatic heterocycles. The van der Waals surface area contributed by atoms with E-state index in [0.29, 0.717) is 0 Å². The first-order valence-corrected chi connectivity index (χ1v) is 5.57. The molecule has 0 saturated carbocycles. The number of rotatable bonds is 4. The molecule has 2 N–H and O–H groups in total. The van der Waals surface area contributed by atoms with E-state index in [1.54, 1.807) is 6.92 Å². The third-order valence-corrected chi connectivity index (χ3v) is 2.80. The van der Waals surface area contributed by atoms with Gasteiger partial charge in [-0.05, 0) is 13.0 Å². The molecule has 1 rings (SSSR count). The second-order valence-electron chi connectivity index (χ2n) is 3.15. The van der Waals surface area contributed by atoms with E-state index in [1.807, 2.05) is 0 Å². The molecule has 17 heavy (non-hydrogen) atoms. The van der Waals surface area contributed by atoms with Crippen LogP contribution in [0.3, 0.4) is 0 Å². The lowest BCUT2D eigenvalue weighted by atomic mass is 10.1. The Hall–Kier alpha value is -0.880. The summed E-state index contributed by atoms with van der Waals surface area (Å²) in [6, 6.07) is 1.36. The van der Waals surface area contributed by atoms with E-state index in [0.717, 1.165) is 0 Å². The maximum absolute atomic E-state index is 11.2. The molecule has 0 aliphatic carbocycles. The lowest BCUT2D eigenvalue weighted by Gasteiger charge is -2.17. The highest BCUT2D eigenvalue weighted by Crippen LogP contribution is 2.29. The number of ether oxygens (including phenoxy) is 1. The molecular formula is C10H11Cl2NO4. The van der Waals surface area contributed by atoms with E-state index in [-0.39, 0.29) is 22.3 Å². The van der Waals surface area contributed by atoms with Crippen molar-refractivity contribution in [2.75, 3.05) is 6.61 Å². The lowest BCUT2D eigenvalue weighted by molar-refractivity contribution is -0.159. The Bertz CT molecular complexity index is 413. The van der Waals surface area contributed by atoms with Crippen molar-refractivity contribution >= 4 is 29.2 Å². The molecule has 1 aromatic heterocycles. The smallest absolute Gasteiger partial charge is 0.338 e. The van der Waals surface area contributed by atoms with Crippen LogP contribution >= 0.6 is 23.2 Å². The van der Waals surface area contributed by atoms with Crippen molar-refractivity contribution < 1.29 is 19.7 Å². The normalized spacial score (nSPS) is 14.2. The number of hydrogen-bond donors (Lipinski definition) is 2. The number of nitrogens with zero attached hydrogens (tertiary/aromatic N) is 1. The van der Waals surface area contributed by atoms with Crippen molar-refractivity contribution in [2.24, 2.45) is 0 Å². The molecule has 2 unspecified atom stereocenters. The number of carbonyl (C=O) groups excluding carboxylic acids is 1. The number of aliphatic hydroxyl groups excluding tert-OH is 2. The van der Waals surface area contributed by atoms with Gasteiger partial charge >= 0.3 is 5.97 Å². The predicted molar refractivity (Wildman–Crippen MR) is 61.9 cm³/mol. The molecule has 5 nitrogen and oxygen atoms in total. The first-order chi connectivity index (χ1) is 7.99. The number of aromatic nitrogens is 1. The summed E-state index contributed by atoms with van der Waals surface area (Å²) in [7, 11) is 0. The van der Waals surface area contributed by atoms with Gasteiger partial charge in [-0.3, -0.25) is 0 Å². The van der Waals surface area contributed by atoms with E-state index < -0.39 is 18.2 Å². The van der Waals surface area contributed by atoms with Crippen LogP contribution in [0, 0.1) is 0 Å². The van der Waals surface area contributed by atoms with Gasteiger partial charge in [-0.25, -0.2) is 9.78 Å². The van der Waals surface area contributed by atoms with Crippen LogP contribution in [-0.4, -0.2) is 33.9 Å². The van der Waals surface area contributed by atoms with Gasteiger partial charge in [-0.1, -0.05) is 23.2 Å². The Balaban J connectivity index is 2.92. The minimum absolute atomic E-state index is 0.00925. The molecule has 1 aromatic rings. The molecule has 0 spiro atoms. The van der Waals surface area contributed by atoms with Crippen molar-refractivity contribution in [1.82, 2.24) is 4.98 Å². The van der Waals surface area contributed by atoms with Crippen molar-refractivity contribution in [3.63, 3.8) is 0 Å². The van der Waals surface area contributed by atoms with E-state index in [9.17, 15) is 15.0 Å². The Labute approximate surface area is 108 Å². The summed E-state index contributed by atoms with van der Waals surface area (Å²) < 4.78 is 4.58. The zero-order valence-electron chi connectivity index (χ0n) is 8.93. The van der Waals surface area contributed by atoms with E-state index in [4.69, 9.17) is 23.2 Å². The van der Waals surface area contributed by atoms with Gasteiger partial charge in [0, 0.05) is 11.8 Å².